The summed E-state index contributed by atoms with van der Waals surface area (Å²) in [7, 11) is 0. The predicted octanol–water partition coefficient (Wildman–Crippen LogP) is 16.4. The van der Waals surface area contributed by atoms with Crippen molar-refractivity contribution < 1.29 is 8.83 Å². The SMILES string of the molecule is CC1(C)c2ccccc2-c2ccc(N(c3ccccc3)c3cccc4c3oc3cc5c(cc34)oc3c(-c4ccc6c7ccccc7c7ccccc7c6c4)cccc35)cc21. The second kappa shape index (κ2) is 12.2. The smallest absolute Gasteiger partial charge is 0.159 e. The molecule has 60 heavy (non-hydrogen) atoms. The van der Waals surface area contributed by atoms with Crippen LogP contribution in [0, 0.1) is 0 Å². The topological polar surface area (TPSA) is 29.5 Å². The van der Waals surface area contributed by atoms with Gasteiger partial charge < -0.3 is 13.7 Å². The summed E-state index contributed by atoms with van der Waals surface area (Å²) in [5, 5.41) is 11.8. The van der Waals surface area contributed by atoms with Crippen LogP contribution in [0.5, 0.6) is 0 Å². The van der Waals surface area contributed by atoms with Gasteiger partial charge in [-0.3, -0.25) is 0 Å². The third-order valence-corrected chi connectivity index (χ3v) is 13.2. The Morgan fingerprint density at radius 1 is 0.350 bits per heavy atom. The van der Waals surface area contributed by atoms with Gasteiger partial charge in [0.05, 0.1) is 5.69 Å². The largest absolute Gasteiger partial charge is 0.455 e. The quantitative estimate of drug-likeness (QED) is 0.167. The van der Waals surface area contributed by atoms with Crippen LogP contribution in [0.4, 0.5) is 17.1 Å². The lowest BCUT2D eigenvalue weighted by Crippen LogP contribution is -2.16. The van der Waals surface area contributed by atoms with Gasteiger partial charge in [0.2, 0.25) is 0 Å². The van der Waals surface area contributed by atoms with E-state index in [1.807, 2.05) is 0 Å². The Labute approximate surface area is 346 Å². The molecule has 13 rings (SSSR count). The lowest BCUT2D eigenvalue weighted by atomic mass is 9.82. The zero-order valence-electron chi connectivity index (χ0n) is 33.2. The van der Waals surface area contributed by atoms with Gasteiger partial charge in [0.15, 0.2) is 5.58 Å². The first-order valence-corrected chi connectivity index (χ1v) is 20.7. The molecule has 0 amide bonds. The minimum atomic E-state index is -0.121. The minimum Gasteiger partial charge on any atom is -0.455 e. The van der Waals surface area contributed by atoms with E-state index in [2.05, 4.69) is 207 Å². The van der Waals surface area contributed by atoms with Crippen LogP contribution in [-0.4, -0.2) is 0 Å². The maximum Gasteiger partial charge on any atom is 0.159 e. The molecule has 0 unspecified atom stereocenters. The molecule has 2 heterocycles. The van der Waals surface area contributed by atoms with Crippen molar-refractivity contribution in [1.82, 2.24) is 0 Å². The molecule has 0 bridgehead atoms. The van der Waals surface area contributed by atoms with Crippen molar-refractivity contribution in [3.8, 4) is 22.3 Å². The fourth-order valence-electron chi connectivity index (χ4n) is 10.4. The molecule has 0 spiro atoms. The Morgan fingerprint density at radius 3 is 1.63 bits per heavy atom. The number of hydrogen-bond acceptors (Lipinski definition) is 3. The molecule has 0 N–H and O–H groups in total. The van der Waals surface area contributed by atoms with E-state index < -0.39 is 0 Å². The highest BCUT2D eigenvalue weighted by atomic mass is 16.3. The van der Waals surface area contributed by atoms with E-state index in [-0.39, 0.29) is 5.41 Å². The van der Waals surface area contributed by atoms with Crippen LogP contribution in [0.25, 0.3) is 98.4 Å². The Balaban J connectivity index is 0.973. The lowest BCUT2D eigenvalue weighted by molar-refractivity contribution is 0.660. The summed E-state index contributed by atoms with van der Waals surface area (Å²) in [6, 6.07) is 68.0. The summed E-state index contributed by atoms with van der Waals surface area (Å²) in [5.41, 5.74) is 14.0. The number of hydrogen-bond donors (Lipinski definition) is 0. The van der Waals surface area contributed by atoms with Crippen molar-refractivity contribution in [1.29, 1.82) is 0 Å². The van der Waals surface area contributed by atoms with Crippen LogP contribution < -0.4 is 4.90 Å². The lowest BCUT2D eigenvalue weighted by Gasteiger charge is -2.28. The highest BCUT2D eigenvalue weighted by Crippen LogP contribution is 2.52. The van der Waals surface area contributed by atoms with Gasteiger partial charge in [-0.15, -0.1) is 0 Å². The normalized spacial score (nSPS) is 13.3. The van der Waals surface area contributed by atoms with Gasteiger partial charge in [-0.05, 0) is 109 Å². The molecule has 0 saturated heterocycles. The fraction of sp³-hybridized carbons (Fsp3) is 0.0526. The number of anilines is 3. The van der Waals surface area contributed by atoms with E-state index in [1.54, 1.807) is 0 Å². The zero-order valence-corrected chi connectivity index (χ0v) is 33.2. The average molecular weight is 768 g/mol. The minimum absolute atomic E-state index is 0.121. The molecule has 1 aliphatic rings. The number of furan rings is 2. The highest BCUT2D eigenvalue weighted by Gasteiger charge is 2.36. The molecule has 2 aromatic heterocycles. The second-order valence-electron chi connectivity index (χ2n) is 16.8. The third-order valence-electron chi connectivity index (χ3n) is 13.2. The number of nitrogens with zero attached hydrogens (tertiary/aromatic N) is 1. The number of benzene rings is 10. The summed E-state index contributed by atoms with van der Waals surface area (Å²) in [5.74, 6) is 0. The van der Waals surface area contributed by atoms with Crippen molar-refractivity contribution in [2.45, 2.75) is 19.3 Å². The molecule has 3 nitrogen and oxygen atoms in total. The number of fused-ring (bicyclic) bond motifs is 15. The second-order valence-corrected chi connectivity index (χ2v) is 16.8. The Hall–Kier alpha value is -7.62. The third kappa shape index (κ3) is 4.60. The molecule has 0 atom stereocenters. The molecule has 0 radical (unpaired) electrons. The van der Waals surface area contributed by atoms with Crippen LogP contribution in [0.15, 0.2) is 197 Å². The van der Waals surface area contributed by atoms with Crippen molar-refractivity contribution in [3.63, 3.8) is 0 Å². The predicted molar refractivity (Wildman–Crippen MR) is 251 cm³/mol. The molecule has 0 saturated carbocycles. The highest BCUT2D eigenvalue weighted by molar-refractivity contribution is 6.26. The molecule has 1 aliphatic carbocycles. The maximum atomic E-state index is 6.97. The standard InChI is InChI=1S/C57H37NO2/c1-57(2)50-24-11-10-20-43(50)44-29-27-36(31-51(44)57)58(35-14-4-3-5-15-35)52-25-13-23-46-49-33-53-48(32-54(49)60-56(46)52)45-22-12-21-37(55(45)59-53)34-26-28-42-40-18-7-6-16-38(40)39-17-8-9-19-41(39)47(42)30-34/h3-33H,1-2H3. The molecule has 3 heteroatoms. The summed E-state index contributed by atoms with van der Waals surface area (Å²) in [4.78, 5) is 2.34. The van der Waals surface area contributed by atoms with Gasteiger partial charge in [-0.25, -0.2) is 0 Å². The van der Waals surface area contributed by atoms with Gasteiger partial charge in [-0.1, -0.05) is 153 Å². The Morgan fingerprint density at radius 2 is 0.900 bits per heavy atom. The van der Waals surface area contributed by atoms with Crippen LogP contribution in [0.3, 0.4) is 0 Å². The molecule has 0 aliphatic heterocycles. The zero-order chi connectivity index (χ0) is 39.7. The van der Waals surface area contributed by atoms with Gasteiger partial charge in [0.25, 0.3) is 0 Å². The first kappa shape index (κ1) is 33.4. The molecule has 12 aromatic rings. The van der Waals surface area contributed by atoms with Crippen LogP contribution in [0.1, 0.15) is 25.0 Å². The molecule has 10 aromatic carbocycles. The monoisotopic (exact) mass is 767 g/mol. The van der Waals surface area contributed by atoms with E-state index in [0.717, 1.165) is 72.1 Å². The summed E-state index contributed by atoms with van der Waals surface area (Å²) < 4.78 is 13.9. The molecular weight excluding hydrogens is 731 g/mol. The van der Waals surface area contributed by atoms with Crippen molar-refractivity contribution in [2.24, 2.45) is 0 Å². The Kier molecular flexibility index (Phi) is 6.78. The summed E-state index contributed by atoms with van der Waals surface area (Å²) >= 11 is 0. The summed E-state index contributed by atoms with van der Waals surface area (Å²) in [6.45, 7) is 4.67. The van der Waals surface area contributed by atoms with Gasteiger partial charge >= 0.3 is 0 Å². The van der Waals surface area contributed by atoms with Gasteiger partial charge in [0.1, 0.15) is 16.7 Å². The van der Waals surface area contributed by atoms with E-state index in [4.69, 9.17) is 8.83 Å². The fourth-order valence-corrected chi connectivity index (χ4v) is 10.4. The average Bonchev–Trinajstić information content (AvgIpc) is 3.93. The molecule has 0 fully saturated rings. The van der Waals surface area contributed by atoms with Crippen molar-refractivity contribution in [2.75, 3.05) is 4.90 Å². The van der Waals surface area contributed by atoms with Gasteiger partial charge in [-0.2, -0.15) is 0 Å². The summed E-state index contributed by atoms with van der Waals surface area (Å²) in [6.07, 6.45) is 0. The van der Waals surface area contributed by atoms with Crippen LogP contribution in [0.2, 0.25) is 0 Å². The first-order valence-electron chi connectivity index (χ1n) is 20.7. The number of para-hydroxylation sites is 3. The van der Waals surface area contributed by atoms with Crippen LogP contribution in [-0.2, 0) is 5.41 Å². The van der Waals surface area contributed by atoms with E-state index >= 15 is 0 Å². The van der Waals surface area contributed by atoms with E-state index in [9.17, 15) is 0 Å². The van der Waals surface area contributed by atoms with E-state index in [0.29, 0.717) is 0 Å². The first-order chi connectivity index (χ1) is 29.5. The van der Waals surface area contributed by atoms with E-state index in [1.165, 1.54) is 54.6 Å². The van der Waals surface area contributed by atoms with Crippen LogP contribution >= 0.6 is 0 Å². The maximum absolute atomic E-state index is 6.97. The molecule has 282 valence electrons. The Bertz CT molecular complexity index is 3720. The van der Waals surface area contributed by atoms with Crippen molar-refractivity contribution in [3.05, 3.63) is 199 Å². The van der Waals surface area contributed by atoms with Crippen molar-refractivity contribution >= 4 is 93.3 Å². The molecular formula is C57H37NO2. The van der Waals surface area contributed by atoms with Gasteiger partial charge in [0, 0.05) is 43.9 Å². The number of rotatable bonds is 4.